The Hall–Kier alpha value is -2.79. The SMILES string of the molecule is COc1cc(C2c3sc(=O)[nH]c3SC3C4CC(C5C(=O)N(CC(=O)OC(C)C)C(=O)C45)C23)ccc1O. The second kappa shape index (κ2) is 8.37. The van der Waals surface area contributed by atoms with Crippen LogP contribution in [0.3, 0.4) is 0 Å². The van der Waals surface area contributed by atoms with Crippen molar-refractivity contribution in [3.63, 3.8) is 0 Å². The third kappa shape index (κ3) is 3.35. The van der Waals surface area contributed by atoms with Crippen molar-refractivity contribution in [3.8, 4) is 11.5 Å². The number of rotatable bonds is 5. The monoisotopic (exact) mass is 530 g/mol. The van der Waals surface area contributed by atoms with Gasteiger partial charge in [0.05, 0.1) is 30.1 Å². The number of phenols is 1. The predicted molar refractivity (Wildman–Crippen MR) is 131 cm³/mol. The van der Waals surface area contributed by atoms with Gasteiger partial charge in [0, 0.05) is 16.0 Å². The third-order valence-electron chi connectivity index (χ3n) is 8.03. The summed E-state index contributed by atoms with van der Waals surface area (Å²) < 4.78 is 10.5. The molecule has 2 saturated carbocycles. The molecule has 6 rings (SSSR count). The number of nitrogens with one attached hydrogen (secondary N) is 1. The number of nitrogens with zero attached hydrogens (tertiary/aromatic N) is 1. The van der Waals surface area contributed by atoms with Crippen LogP contribution >= 0.6 is 23.1 Å². The van der Waals surface area contributed by atoms with Crippen molar-refractivity contribution in [2.45, 2.75) is 42.6 Å². The fourth-order valence-corrected chi connectivity index (χ4v) is 9.81. The van der Waals surface area contributed by atoms with E-state index < -0.39 is 17.8 Å². The van der Waals surface area contributed by atoms with E-state index in [1.54, 1.807) is 37.7 Å². The quantitative estimate of drug-likeness (QED) is 0.446. The molecule has 0 radical (unpaired) electrons. The fraction of sp³-hybridized carbons (Fsp3) is 0.520. The van der Waals surface area contributed by atoms with Gasteiger partial charge in [-0.3, -0.25) is 24.1 Å². The van der Waals surface area contributed by atoms with Gasteiger partial charge in [-0.15, -0.1) is 11.8 Å². The number of carbonyl (C=O) groups excluding carboxylic acids is 3. The Morgan fingerprint density at radius 1 is 1.19 bits per heavy atom. The molecular formula is C25H26N2O7S2. The number of aromatic amines is 1. The first-order valence-electron chi connectivity index (χ1n) is 12.0. The Kier molecular flexibility index (Phi) is 5.49. The molecule has 7 unspecified atom stereocenters. The number of methoxy groups -OCH3 is 1. The maximum Gasteiger partial charge on any atom is 0.326 e. The van der Waals surface area contributed by atoms with Gasteiger partial charge in [-0.05, 0) is 55.7 Å². The van der Waals surface area contributed by atoms with Crippen LogP contribution in [0.4, 0.5) is 0 Å². The molecule has 2 amide bonds. The zero-order valence-electron chi connectivity index (χ0n) is 19.9. The van der Waals surface area contributed by atoms with Crippen molar-refractivity contribution in [2.24, 2.45) is 29.6 Å². The van der Waals surface area contributed by atoms with Crippen LogP contribution in [0.5, 0.6) is 11.5 Å². The van der Waals surface area contributed by atoms with Crippen molar-refractivity contribution in [1.29, 1.82) is 0 Å². The molecule has 11 heteroatoms. The smallest absolute Gasteiger partial charge is 0.326 e. The molecule has 1 aromatic heterocycles. The van der Waals surface area contributed by atoms with E-state index in [0.29, 0.717) is 5.75 Å². The number of aromatic hydroxyl groups is 1. The van der Waals surface area contributed by atoms with Crippen LogP contribution in [0.15, 0.2) is 28.0 Å². The zero-order chi connectivity index (χ0) is 25.5. The predicted octanol–water partition coefficient (Wildman–Crippen LogP) is 2.58. The fourth-order valence-electron chi connectivity index (χ4n) is 6.92. The maximum atomic E-state index is 13.5. The molecule has 3 heterocycles. The second-order valence-corrected chi connectivity index (χ2v) is 12.4. The van der Waals surface area contributed by atoms with E-state index in [1.807, 2.05) is 6.07 Å². The molecule has 190 valence electrons. The van der Waals surface area contributed by atoms with Crippen molar-refractivity contribution < 1.29 is 29.0 Å². The van der Waals surface area contributed by atoms with Crippen LogP contribution in [0, 0.1) is 29.6 Å². The lowest BCUT2D eigenvalue weighted by Gasteiger charge is -2.43. The minimum atomic E-state index is -0.584. The van der Waals surface area contributed by atoms with Crippen LogP contribution < -0.4 is 9.61 Å². The molecule has 2 bridgehead atoms. The number of carbonyl (C=O) groups is 3. The van der Waals surface area contributed by atoms with E-state index in [1.165, 1.54) is 18.4 Å². The number of ether oxygens (including phenoxy) is 2. The largest absolute Gasteiger partial charge is 0.504 e. The van der Waals surface area contributed by atoms with Gasteiger partial charge in [-0.25, -0.2) is 0 Å². The van der Waals surface area contributed by atoms with Gasteiger partial charge in [0.1, 0.15) is 6.54 Å². The number of hydrogen-bond acceptors (Lipinski definition) is 9. The molecule has 0 spiro atoms. The van der Waals surface area contributed by atoms with Crippen LogP contribution in [0.2, 0.25) is 0 Å². The van der Waals surface area contributed by atoms with Crippen LogP contribution in [-0.4, -0.2) is 57.8 Å². The standard InChI is InChI=1S/C25H26N2O7S2/c1-9(2)34-15(29)8-27-23(30)18-11-7-12(19(18)24(27)31)20-17(11)16(21-22(35-20)26-25(32)36-21)10-4-5-13(28)14(6-10)33-3/h4-6,9,11-12,16-20,28H,7-8H2,1-3H3,(H,26,32). The van der Waals surface area contributed by atoms with Crippen molar-refractivity contribution in [2.75, 3.05) is 13.7 Å². The molecule has 7 atom stereocenters. The number of fused-ring (bicyclic) bond motifs is 9. The maximum absolute atomic E-state index is 13.5. The molecule has 2 aliphatic heterocycles. The molecule has 2 aromatic rings. The van der Waals surface area contributed by atoms with Crippen LogP contribution in [-0.2, 0) is 19.1 Å². The van der Waals surface area contributed by atoms with E-state index in [2.05, 4.69) is 4.98 Å². The third-order valence-corrected chi connectivity index (χ3v) is 10.6. The molecule has 36 heavy (non-hydrogen) atoms. The Morgan fingerprint density at radius 3 is 2.61 bits per heavy atom. The molecule has 2 aliphatic carbocycles. The first kappa shape index (κ1) is 23.6. The highest BCUT2D eigenvalue weighted by Gasteiger charge is 2.69. The molecule has 9 nitrogen and oxygen atoms in total. The summed E-state index contributed by atoms with van der Waals surface area (Å²) in [6, 6.07) is 5.21. The number of benzene rings is 1. The summed E-state index contributed by atoms with van der Waals surface area (Å²) in [6.45, 7) is 3.09. The molecular weight excluding hydrogens is 504 g/mol. The summed E-state index contributed by atoms with van der Waals surface area (Å²) in [5, 5.41) is 11.0. The summed E-state index contributed by atoms with van der Waals surface area (Å²) in [7, 11) is 1.49. The van der Waals surface area contributed by atoms with Gasteiger partial charge < -0.3 is 19.6 Å². The Morgan fingerprint density at radius 2 is 1.92 bits per heavy atom. The van der Waals surface area contributed by atoms with E-state index in [9.17, 15) is 24.3 Å². The van der Waals surface area contributed by atoms with E-state index in [0.717, 1.165) is 26.8 Å². The molecule has 1 aromatic carbocycles. The summed E-state index contributed by atoms with van der Waals surface area (Å²) in [6.07, 6.45) is 0.425. The average Bonchev–Trinajstić information content (AvgIpc) is 3.55. The highest BCUT2D eigenvalue weighted by Crippen LogP contribution is 2.68. The normalized spacial score (nSPS) is 32.0. The van der Waals surface area contributed by atoms with E-state index in [4.69, 9.17) is 9.47 Å². The number of aromatic nitrogens is 1. The van der Waals surface area contributed by atoms with Gasteiger partial charge in [-0.2, -0.15) is 0 Å². The number of imide groups is 1. The summed E-state index contributed by atoms with van der Waals surface area (Å²) >= 11 is 2.77. The van der Waals surface area contributed by atoms with Crippen LogP contribution in [0.25, 0.3) is 0 Å². The minimum Gasteiger partial charge on any atom is -0.504 e. The first-order valence-corrected chi connectivity index (χ1v) is 13.7. The number of hydrogen-bond donors (Lipinski definition) is 2. The number of H-pyrrole nitrogens is 1. The summed E-state index contributed by atoms with van der Waals surface area (Å²) in [5.41, 5.74) is 0.898. The highest BCUT2D eigenvalue weighted by atomic mass is 32.2. The lowest BCUT2D eigenvalue weighted by Crippen LogP contribution is -2.42. The summed E-state index contributed by atoms with van der Waals surface area (Å²) in [4.78, 5) is 56.4. The van der Waals surface area contributed by atoms with Gasteiger partial charge in [0.25, 0.3) is 0 Å². The zero-order valence-corrected chi connectivity index (χ0v) is 21.6. The number of thiazole rings is 1. The van der Waals surface area contributed by atoms with Crippen molar-refractivity contribution in [1.82, 2.24) is 9.88 Å². The first-order chi connectivity index (χ1) is 17.2. The van der Waals surface area contributed by atoms with E-state index >= 15 is 0 Å². The number of phenolic OH excluding ortho intramolecular Hbond substituents is 1. The number of likely N-dealkylation sites (tertiary alicyclic amines) is 1. The topological polar surface area (TPSA) is 126 Å². The van der Waals surface area contributed by atoms with Crippen LogP contribution in [0.1, 0.15) is 36.6 Å². The van der Waals surface area contributed by atoms with Gasteiger partial charge in [0.2, 0.25) is 11.8 Å². The number of esters is 1. The lowest BCUT2D eigenvalue weighted by molar-refractivity contribution is -0.155. The molecule has 1 saturated heterocycles. The Balaban J connectivity index is 1.39. The molecule has 4 aliphatic rings. The van der Waals surface area contributed by atoms with Gasteiger partial charge in [0.15, 0.2) is 11.5 Å². The van der Waals surface area contributed by atoms with Gasteiger partial charge in [-0.1, -0.05) is 17.4 Å². The highest BCUT2D eigenvalue weighted by molar-refractivity contribution is 8.00. The molecule has 3 fully saturated rings. The van der Waals surface area contributed by atoms with Gasteiger partial charge >= 0.3 is 10.8 Å². The molecule has 2 N–H and O–H groups in total. The van der Waals surface area contributed by atoms with Crippen molar-refractivity contribution >= 4 is 40.9 Å². The second-order valence-electron chi connectivity index (χ2n) is 10.2. The number of amides is 2. The van der Waals surface area contributed by atoms with E-state index in [-0.39, 0.29) is 64.0 Å². The average molecular weight is 531 g/mol. The number of thioether (sulfide) groups is 1. The summed E-state index contributed by atoms with van der Waals surface area (Å²) in [5.74, 6) is -1.97. The Labute approximate surface area is 215 Å². The van der Waals surface area contributed by atoms with Crippen molar-refractivity contribution in [3.05, 3.63) is 38.3 Å². The lowest BCUT2D eigenvalue weighted by atomic mass is 9.68. The Bertz CT molecular complexity index is 1330. The minimum absolute atomic E-state index is 0.0220.